The molecule has 0 aromatic carbocycles. The second-order valence-corrected chi connectivity index (χ2v) is 5.58. The highest BCUT2D eigenvalue weighted by Crippen LogP contribution is 2.26. The lowest BCUT2D eigenvalue weighted by atomic mass is 9.84. The van der Waals surface area contributed by atoms with E-state index in [-0.39, 0.29) is 11.5 Å². The largest absolute Gasteiger partial charge is 0.480 e. The van der Waals surface area contributed by atoms with Crippen LogP contribution in [-0.2, 0) is 4.79 Å². The van der Waals surface area contributed by atoms with Crippen LogP contribution in [0.5, 0.6) is 0 Å². The maximum Gasteiger partial charge on any atom is 0.326 e. The number of amides is 1. The van der Waals surface area contributed by atoms with Crippen LogP contribution >= 0.6 is 0 Å². The van der Waals surface area contributed by atoms with Gasteiger partial charge in [0.25, 0.3) is 5.91 Å². The zero-order valence-electron chi connectivity index (χ0n) is 12.0. The number of aromatic amines is 1. The van der Waals surface area contributed by atoms with Crippen molar-refractivity contribution >= 4 is 11.9 Å². The summed E-state index contributed by atoms with van der Waals surface area (Å²) in [6, 6.07) is 0.393. The van der Waals surface area contributed by atoms with Gasteiger partial charge in [-0.1, -0.05) is 19.3 Å². The fraction of sp³-hybridized carbons (Fsp3) is 0.533. The Hall–Kier alpha value is -2.11. The van der Waals surface area contributed by atoms with Crippen molar-refractivity contribution in [3.05, 3.63) is 33.7 Å². The number of aromatic nitrogens is 1. The minimum absolute atomic E-state index is 0.0531. The van der Waals surface area contributed by atoms with Crippen molar-refractivity contribution in [2.24, 2.45) is 5.92 Å². The summed E-state index contributed by atoms with van der Waals surface area (Å²) in [5.74, 6) is -1.74. The summed E-state index contributed by atoms with van der Waals surface area (Å²) in [7, 11) is 0. The molecule has 0 aliphatic heterocycles. The van der Waals surface area contributed by atoms with Gasteiger partial charge in [-0.05, 0) is 25.7 Å². The molecule has 1 fully saturated rings. The van der Waals surface area contributed by atoms with Crippen molar-refractivity contribution in [3.8, 4) is 0 Å². The normalized spacial score (nSPS) is 17.2. The number of rotatable bonds is 4. The first-order valence-corrected chi connectivity index (χ1v) is 7.22. The molecule has 1 aromatic heterocycles. The third-order valence-corrected chi connectivity index (χ3v) is 3.98. The number of pyridine rings is 1. The van der Waals surface area contributed by atoms with Crippen LogP contribution < -0.4 is 10.7 Å². The van der Waals surface area contributed by atoms with Gasteiger partial charge in [-0.15, -0.1) is 0 Å². The average molecular weight is 292 g/mol. The Morgan fingerprint density at radius 1 is 1.33 bits per heavy atom. The molecule has 1 saturated carbocycles. The van der Waals surface area contributed by atoms with Gasteiger partial charge >= 0.3 is 5.97 Å². The standard InChI is InChI=1S/C15H20N2O4/c1-9-7-12(18)11(8-16-9)14(19)17-13(15(20)21)10-5-3-2-4-6-10/h7-8,10,13H,2-6H2,1H3,(H,16,18)(H,17,19)(H,20,21). The molecular weight excluding hydrogens is 272 g/mol. The van der Waals surface area contributed by atoms with Crippen LogP contribution in [-0.4, -0.2) is 28.0 Å². The third-order valence-electron chi connectivity index (χ3n) is 3.98. The molecule has 1 heterocycles. The van der Waals surface area contributed by atoms with Crippen LogP contribution in [0.3, 0.4) is 0 Å². The number of carboxylic acid groups (broad SMARTS) is 1. The van der Waals surface area contributed by atoms with Crippen LogP contribution in [0.15, 0.2) is 17.1 Å². The summed E-state index contributed by atoms with van der Waals surface area (Å²) in [6.45, 7) is 1.71. The van der Waals surface area contributed by atoms with E-state index >= 15 is 0 Å². The molecule has 21 heavy (non-hydrogen) atoms. The van der Waals surface area contributed by atoms with Crippen LogP contribution in [0.4, 0.5) is 0 Å². The Kier molecular flexibility index (Phi) is 4.77. The molecule has 6 nitrogen and oxygen atoms in total. The lowest BCUT2D eigenvalue weighted by Gasteiger charge is -2.27. The summed E-state index contributed by atoms with van der Waals surface area (Å²) in [5, 5.41) is 11.8. The van der Waals surface area contributed by atoms with Crippen LogP contribution in [0.2, 0.25) is 0 Å². The summed E-state index contributed by atoms with van der Waals surface area (Å²) in [6.07, 6.45) is 5.98. The number of nitrogens with one attached hydrogen (secondary N) is 2. The lowest BCUT2D eigenvalue weighted by Crippen LogP contribution is -2.47. The highest BCUT2D eigenvalue weighted by atomic mass is 16.4. The summed E-state index contributed by atoms with van der Waals surface area (Å²) in [5.41, 5.74) is 0.192. The van der Waals surface area contributed by atoms with Gasteiger partial charge in [-0.2, -0.15) is 0 Å². The molecule has 0 radical (unpaired) electrons. The maximum absolute atomic E-state index is 12.1. The number of aliphatic carboxylic acids is 1. The quantitative estimate of drug-likeness (QED) is 0.782. The second kappa shape index (κ2) is 6.56. The molecule has 0 bridgehead atoms. The number of hydrogen-bond donors (Lipinski definition) is 3. The Bertz CT molecular complexity index is 588. The van der Waals surface area contributed by atoms with Crippen molar-refractivity contribution in [1.82, 2.24) is 10.3 Å². The van der Waals surface area contributed by atoms with Gasteiger partial charge in [-0.3, -0.25) is 9.59 Å². The SMILES string of the molecule is Cc1cc(=O)c(C(=O)NC(C(=O)O)C2CCCCC2)c[nH]1. The van der Waals surface area contributed by atoms with Gasteiger partial charge in [-0.25, -0.2) is 4.79 Å². The van der Waals surface area contributed by atoms with E-state index in [9.17, 15) is 19.5 Å². The molecule has 1 atom stereocenters. The monoisotopic (exact) mass is 292 g/mol. The molecule has 1 aliphatic carbocycles. The predicted molar refractivity (Wildman–Crippen MR) is 77.3 cm³/mol. The summed E-state index contributed by atoms with van der Waals surface area (Å²) >= 11 is 0. The minimum atomic E-state index is -1.04. The van der Waals surface area contributed by atoms with Crippen molar-refractivity contribution in [1.29, 1.82) is 0 Å². The number of carbonyl (C=O) groups excluding carboxylic acids is 1. The van der Waals surface area contributed by atoms with E-state index in [1.54, 1.807) is 6.92 Å². The highest BCUT2D eigenvalue weighted by Gasteiger charge is 2.31. The Morgan fingerprint density at radius 3 is 2.57 bits per heavy atom. The lowest BCUT2D eigenvalue weighted by molar-refractivity contribution is -0.141. The fourth-order valence-corrected chi connectivity index (χ4v) is 2.82. The number of hydrogen-bond acceptors (Lipinski definition) is 3. The summed E-state index contributed by atoms with van der Waals surface area (Å²) < 4.78 is 0. The first-order valence-electron chi connectivity index (χ1n) is 7.22. The number of carbonyl (C=O) groups is 2. The van der Waals surface area contributed by atoms with Crippen LogP contribution in [0, 0.1) is 12.8 Å². The molecule has 6 heteroatoms. The van der Waals surface area contributed by atoms with Crippen molar-refractivity contribution in [3.63, 3.8) is 0 Å². The maximum atomic E-state index is 12.1. The first-order chi connectivity index (χ1) is 9.99. The van der Waals surface area contributed by atoms with E-state index < -0.39 is 23.3 Å². The molecule has 2 rings (SSSR count). The molecule has 1 aromatic rings. The van der Waals surface area contributed by atoms with Gasteiger partial charge in [0.1, 0.15) is 11.6 Å². The fourth-order valence-electron chi connectivity index (χ4n) is 2.82. The van der Waals surface area contributed by atoms with Crippen molar-refractivity contribution < 1.29 is 14.7 Å². The minimum Gasteiger partial charge on any atom is -0.480 e. The van der Waals surface area contributed by atoms with Crippen molar-refractivity contribution in [2.75, 3.05) is 0 Å². The van der Waals surface area contributed by atoms with E-state index in [1.165, 1.54) is 12.3 Å². The molecule has 0 spiro atoms. The topological polar surface area (TPSA) is 99.3 Å². The van der Waals surface area contributed by atoms with E-state index in [0.29, 0.717) is 5.69 Å². The zero-order chi connectivity index (χ0) is 15.4. The van der Waals surface area contributed by atoms with Gasteiger partial charge < -0.3 is 15.4 Å². The Labute approximate surface area is 122 Å². The number of H-pyrrole nitrogens is 1. The smallest absolute Gasteiger partial charge is 0.326 e. The zero-order valence-corrected chi connectivity index (χ0v) is 12.0. The Morgan fingerprint density at radius 2 is 2.00 bits per heavy atom. The van der Waals surface area contributed by atoms with Gasteiger partial charge in [0.2, 0.25) is 0 Å². The molecule has 1 unspecified atom stereocenters. The molecule has 0 saturated heterocycles. The van der Waals surface area contributed by atoms with Gasteiger partial charge in [0, 0.05) is 18.0 Å². The molecular formula is C15H20N2O4. The first kappa shape index (κ1) is 15.3. The Balaban J connectivity index is 2.14. The van der Waals surface area contributed by atoms with E-state index in [1.807, 2.05) is 0 Å². The van der Waals surface area contributed by atoms with E-state index in [0.717, 1.165) is 32.1 Å². The van der Waals surface area contributed by atoms with Crippen LogP contribution in [0.1, 0.15) is 48.2 Å². The van der Waals surface area contributed by atoms with Crippen molar-refractivity contribution in [2.45, 2.75) is 45.1 Å². The van der Waals surface area contributed by atoms with Gasteiger partial charge in [0.15, 0.2) is 5.43 Å². The molecule has 3 N–H and O–H groups in total. The third kappa shape index (κ3) is 3.71. The van der Waals surface area contributed by atoms with Crippen LogP contribution in [0.25, 0.3) is 0 Å². The predicted octanol–water partition coefficient (Wildman–Crippen LogP) is 1.45. The average Bonchev–Trinajstić information content (AvgIpc) is 2.45. The van der Waals surface area contributed by atoms with Gasteiger partial charge in [0.05, 0.1) is 0 Å². The number of aryl methyl sites for hydroxylation is 1. The second-order valence-electron chi connectivity index (χ2n) is 5.58. The van der Waals surface area contributed by atoms with E-state index in [2.05, 4.69) is 10.3 Å². The highest BCUT2D eigenvalue weighted by molar-refractivity contribution is 5.96. The summed E-state index contributed by atoms with van der Waals surface area (Å²) in [4.78, 5) is 38.1. The van der Waals surface area contributed by atoms with E-state index in [4.69, 9.17) is 0 Å². The molecule has 1 aliphatic rings. The molecule has 114 valence electrons. The molecule has 1 amide bonds. The number of carboxylic acids is 1.